The topological polar surface area (TPSA) is 35.2 Å². The van der Waals surface area contributed by atoms with Crippen molar-refractivity contribution < 1.29 is 4.74 Å². The Labute approximate surface area is 114 Å². The zero-order chi connectivity index (χ0) is 12.4. The summed E-state index contributed by atoms with van der Waals surface area (Å²) in [6.45, 7) is 1.18. The number of hydrogen-bond donors (Lipinski definition) is 1. The molecule has 0 saturated heterocycles. The number of ether oxygens (including phenoxy) is 1. The molecule has 3 rings (SSSR count). The minimum Gasteiger partial charge on any atom is -0.489 e. The van der Waals surface area contributed by atoms with Gasteiger partial charge in [-0.25, -0.2) is 0 Å². The number of fused-ring (bicyclic) bond motifs is 1. The molecule has 0 amide bonds. The highest BCUT2D eigenvalue weighted by Crippen LogP contribution is 2.37. The summed E-state index contributed by atoms with van der Waals surface area (Å²) in [5, 5.41) is 2.09. The molecule has 0 saturated carbocycles. The van der Waals surface area contributed by atoms with Crippen molar-refractivity contribution in [3.8, 4) is 5.75 Å². The first kappa shape index (κ1) is 11.8. The monoisotopic (exact) mass is 275 g/mol. The largest absolute Gasteiger partial charge is 0.489 e. The Hall–Kier alpha value is -1.23. The van der Waals surface area contributed by atoms with E-state index in [9.17, 15) is 0 Å². The molecule has 18 heavy (non-hydrogen) atoms. The summed E-state index contributed by atoms with van der Waals surface area (Å²) in [5.41, 5.74) is 8.03. The van der Waals surface area contributed by atoms with E-state index in [4.69, 9.17) is 10.5 Å². The minimum atomic E-state index is 0.563. The number of benzene rings is 1. The quantitative estimate of drug-likeness (QED) is 0.929. The maximum Gasteiger partial charge on any atom is 0.128 e. The highest BCUT2D eigenvalue weighted by atomic mass is 32.2. The van der Waals surface area contributed by atoms with Crippen LogP contribution in [0.4, 0.5) is 0 Å². The lowest BCUT2D eigenvalue weighted by Gasteiger charge is -2.18. The SMILES string of the molecule is NCC1=CCOc2cc(Sc3cccs3)ccc21. The summed E-state index contributed by atoms with van der Waals surface area (Å²) < 4.78 is 6.97. The maximum absolute atomic E-state index is 5.74. The fourth-order valence-corrected chi connectivity index (χ4v) is 3.70. The molecular weight excluding hydrogens is 262 g/mol. The van der Waals surface area contributed by atoms with Gasteiger partial charge in [-0.05, 0) is 41.3 Å². The van der Waals surface area contributed by atoms with Crippen molar-refractivity contribution >= 4 is 28.7 Å². The third kappa shape index (κ3) is 2.32. The Balaban J connectivity index is 1.90. The van der Waals surface area contributed by atoms with Gasteiger partial charge in [0, 0.05) is 17.0 Å². The zero-order valence-electron chi connectivity index (χ0n) is 9.76. The van der Waals surface area contributed by atoms with Crippen LogP contribution in [0.5, 0.6) is 5.75 Å². The van der Waals surface area contributed by atoms with Gasteiger partial charge in [-0.1, -0.05) is 17.8 Å². The van der Waals surface area contributed by atoms with Crippen LogP contribution in [-0.4, -0.2) is 13.2 Å². The van der Waals surface area contributed by atoms with Crippen molar-refractivity contribution in [1.29, 1.82) is 0 Å². The predicted octanol–water partition coefficient (Wildman–Crippen LogP) is 3.63. The van der Waals surface area contributed by atoms with Crippen molar-refractivity contribution in [1.82, 2.24) is 0 Å². The van der Waals surface area contributed by atoms with Crippen LogP contribution >= 0.6 is 23.1 Å². The van der Waals surface area contributed by atoms with Gasteiger partial charge in [0.15, 0.2) is 0 Å². The summed E-state index contributed by atoms with van der Waals surface area (Å²) in [4.78, 5) is 1.20. The summed E-state index contributed by atoms with van der Waals surface area (Å²) >= 11 is 3.51. The molecule has 0 spiro atoms. The Morgan fingerprint density at radius 1 is 1.33 bits per heavy atom. The smallest absolute Gasteiger partial charge is 0.128 e. The van der Waals surface area contributed by atoms with E-state index in [1.54, 1.807) is 23.1 Å². The average molecular weight is 275 g/mol. The van der Waals surface area contributed by atoms with Crippen molar-refractivity contribution in [3.63, 3.8) is 0 Å². The highest BCUT2D eigenvalue weighted by molar-refractivity contribution is 8.01. The van der Waals surface area contributed by atoms with E-state index < -0.39 is 0 Å². The second kappa shape index (κ2) is 5.18. The number of rotatable bonds is 3. The van der Waals surface area contributed by atoms with Gasteiger partial charge in [0.05, 0.1) is 4.21 Å². The molecule has 0 aliphatic carbocycles. The van der Waals surface area contributed by atoms with Crippen LogP contribution < -0.4 is 10.5 Å². The van der Waals surface area contributed by atoms with Crippen LogP contribution in [0.15, 0.2) is 50.9 Å². The molecule has 0 radical (unpaired) electrons. The van der Waals surface area contributed by atoms with Crippen LogP contribution in [-0.2, 0) is 0 Å². The van der Waals surface area contributed by atoms with Gasteiger partial charge in [-0.15, -0.1) is 11.3 Å². The number of thiophene rings is 1. The van der Waals surface area contributed by atoms with Gasteiger partial charge in [-0.3, -0.25) is 0 Å². The molecule has 2 heterocycles. The normalized spacial score (nSPS) is 13.7. The molecule has 1 aliphatic heterocycles. The summed E-state index contributed by atoms with van der Waals surface area (Å²) in [5.74, 6) is 0.944. The molecule has 0 atom stereocenters. The van der Waals surface area contributed by atoms with Crippen LogP contribution in [0.2, 0.25) is 0 Å². The van der Waals surface area contributed by atoms with E-state index in [1.807, 2.05) is 0 Å². The van der Waals surface area contributed by atoms with E-state index in [2.05, 4.69) is 41.8 Å². The lowest BCUT2D eigenvalue weighted by Crippen LogP contribution is -2.10. The van der Waals surface area contributed by atoms with E-state index in [1.165, 1.54) is 14.7 Å². The molecular formula is C14H13NOS2. The highest BCUT2D eigenvalue weighted by Gasteiger charge is 2.13. The summed E-state index contributed by atoms with van der Waals surface area (Å²) in [7, 11) is 0. The first-order valence-corrected chi connectivity index (χ1v) is 7.44. The molecule has 2 nitrogen and oxygen atoms in total. The van der Waals surface area contributed by atoms with Gasteiger partial charge < -0.3 is 10.5 Å². The van der Waals surface area contributed by atoms with E-state index in [-0.39, 0.29) is 0 Å². The molecule has 2 aromatic rings. The lowest BCUT2D eigenvalue weighted by molar-refractivity contribution is 0.356. The van der Waals surface area contributed by atoms with E-state index in [0.717, 1.165) is 11.3 Å². The molecule has 4 heteroatoms. The molecule has 1 aromatic carbocycles. The van der Waals surface area contributed by atoms with Gasteiger partial charge in [-0.2, -0.15) is 0 Å². The number of hydrogen-bond acceptors (Lipinski definition) is 4. The maximum atomic E-state index is 5.74. The summed E-state index contributed by atoms with van der Waals surface area (Å²) in [6.07, 6.45) is 2.05. The fourth-order valence-electron chi connectivity index (χ4n) is 1.92. The summed E-state index contributed by atoms with van der Waals surface area (Å²) in [6, 6.07) is 10.5. The zero-order valence-corrected chi connectivity index (χ0v) is 11.4. The molecule has 0 bridgehead atoms. The predicted molar refractivity (Wildman–Crippen MR) is 77.4 cm³/mol. The van der Waals surface area contributed by atoms with Gasteiger partial charge in [0.25, 0.3) is 0 Å². The lowest BCUT2D eigenvalue weighted by atomic mass is 10.0. The standard InChI is InChI=1S/C14H13NOS2/c15-9-10-5-6-16-13-8-11(3-4-12(10)13)18-14-2-1-7-17-14/h1-5,7-8H,6,9,15H2. The second-order valence-corrected chi connectivity index (χ2v) is 6.26. The van der Waals surface area contributed by atoms with Crippen LogP contribution in [0.1, 0.15) is 5.56 Å². The molecule has 1 aliphatic rings. The fraction of sp³-hybridized carbons (Fsp3) is 0.143. The van der Waals surface area contributed by atoms with Crippen LogP contribution in [0, 0.1) is 0 Å². The Kier molecular flexibility index (Phi) is 3.41. The minimum absolute atomic E-state index is 0.563. The van der Waals surface area contributed by atoms with Crippen LogP contribution in [0.3, 0.4) is 0 Å². The number of nitrogens with two attached hydrogens (primary N) is 1. The Morgan fingerprint density at radius 3 is 3.06 bits per heavy atom. The second-order valence-electron chi connectivity index (χ2n) is 3.94. The van der Waals surface area contributed by atoms with Gasteiger partial charge in [0.2, 0.25) is 0 Å². The first-order valence-electron chi connectivity index (χ1n) is 5.74. The van der Waals surface area contributed by atoms with Crippen molar-refractivity contribution in [2.75, 3.05) is 13.2 Å². The van der Waals surface area contributed by atoms with Crippen molar-refractivity contribution in [2.24, 2.45) is 5.73 Å². The van der Waals surface area contributed by atoms with E-state index in [0.29, 0.717) is 13.2 Å². The Bertz CT molecular complexity index is 575. The third-order valence-corrected chi connectivity index (χ3v) is 4.83. The van der Waals surface area contributed by atoms with E-state index >= 15 is 0 Å². The Morgan fingerprint density at radius 2 is 2.28 bits per heavy atom. The molecule has 2 N–H and O–H groups in total. The van der Waals surface area contributed by atoms with Gasteiger partial charge >= 0.3 is 0 Å². The molecule has 1 aromatic heterocycles. The van der Waals surface area contributed by atoms with Crippen molar-refractivity contribution in [2.45, 2.75) is 9.10 Å². The van der Waals surface area contributed by atoms with Crippen LogP contribution in [0.25, 0.3) is 5.57 Å². The third-order valence-electron chi connectivity index (χ3n) is 2.80. The average Bonchev–Trinajstić information content (AvgIpc) is 2.90. The molecule has 0 unspecified atom stereocenters. The molecule has 92 valence electrons. The first-order chi connectivity index (χ1) is 8.86. The molecule has 0 fully saturated rings. The van der Waals surface area contributed by atoms with Gasteiger partial charge in [0.1, 0.15) is 12.4 Å². The van der Waals surface area contributed by atoms with Crippen molar-refractivity contribution in [3.05, 3.63) is 47.4 Å².